The lowest BCUT2D eigenvalue weighted by Crippen LogP contribution is -2.19. The molecule has 0 bridgehead atoms. The van der Waals surface area contributed by atoms with Crippen molar-refractivity contribution < 1.29 is 5.11 Å². The minimum Gasteiger partial charge on any atom is -0.396 e. The zero-order valence-corrected chi connectivity index (χ0v) is 10.4. The van der Waals surface area contributed by atoms with E-state index < -0.39 is 0 Å². The van der Waals surface area contributed by atoms with Crippen molar-refractivity contribution in [1.82, 2.24) is 0 Å². The molecule has 0 aliphatic carbocycles. The Balaban J connectivity index is 2.99. The van der Waals surface area contributed by atoms with Crippen LogP contribution in [0.4, 0.5) is 0 Å². The van der Waals surface area contributed by atoms with E-state index in [-0.39, 0.29) is 12.0 Å². The number of hydrogen-bond donors (Lipinski definition) is 1. The molecule has 0 aromatic heterocycles. The van der Waals surface area contributed by atoms with Crippen LogP contribution in [0, 0.1) is 5.41 Å². The fourth-order valence-electron chi connectivity index (χ4n) is 1.95. The van der Waals surface area contributed by atoms with E-state index in [9.17, 15) is 0 Å². The summed E-state index contributed by atoms with van der Waals surface area (Å²) in [6, 6.07) is 7.92. The number of rotatable bonds is 3. The van der Waals surface area contributed by atoms with Gasteiger partial charge in [0.05, 0.1) is 0 Å². The Kier molecular flexibility index (Phi) is 4.18. The molecule has 0 saturated carbocycles. The van der Waals surface area contributed by atoms with E-state index >= 15 is 0 Å². The standard InChI is InChI=1S/C13H19ClO/c1-13(2,3)12(7-8-15)10-5-4-6-11(14)9-10/h4-6,9,12,15H,7-8H2,1-3H3. The summed E-state index contributed by atoms with van der Waals surface area (Å²) in [5.74, 6) is 0.348. The molecule has 0 amide bonds. The highest BCUT2D eigenvalue weighted by Crippen LogP contribution is 2.38. The van der Waals surface area contributed by atoms with Crippen molar-refractivity contribution in [2.45, 2.75) is 33.1 Å². The molecule has 0 radical (unpaired) electrons. The van der Waals surface area contributed by atoms with Gasteiger partial charge < -0.3 is 5.11 Å². The topological polar surface area (TPSA) is 20.2 Å². The summed E-state index contributed by atoms with van der Waals surface area (Å²) in [6.45, 7) is 6.78. The largest absolute Gasteiger partial charge is 0.396 e. The average molecular weight is 227 g/mol. The maximum Gasteiger partial charge on any atom is 0.0437 e. The molecule has 0 spiro atoms. The van der Waals surface area contributed by atoms with Crippen LogP contribution in [0.5, 0.6) is 0 Å². The molecule has 1 aromatic rings. The van der Waals surface area contributed by atoms with Crippen molar-refractivity contribution in [3.8, 4) is 0 Å². The maximum absolute atomic E-state index is 9.10. The van der Waals surface area contributed by atoms with Crippen molar-refractivity contribution >= 4 is 11.6 Å². The van der Waals surface area contributed by atoms with Gasteiger partial charge in [-0.2, -0.15) is 0 Å². The van der Waals surface area contributed by atoms with Crippen molar-refractivity contribution in [2.24, 2.45) is 5.41 Å². The van der Waals surface area contributed by atoms with Crippen LogP contribution in [0.3, 0.4) is 0 Å². The first-order valence-electron chi connectivity index (χ1n) is 5.31. The third kappa shape index (κ3) is 3.51. The van der Waals surface area contributed by atoms with Crippen LogP contribution in [0.2, 0.25) is 5.02 Å². The van der Waals surface area contributed by atoms with Gasteiger partial charge in [-0.15, -0.1) is 0 Å². The minimum absolute atomic E-state index is 0.146. The molecule has 1 N–H and O–H groups in total. The monoisotopic (exact) mass is 226 g/mol. The number of aliphatic hydroxyl groups excluding tert-OH is 1. The summed E-state index contributed by atoms with van der Waals surface area (Å²) in [5.41, 5.74) is 1.36. The van der Waals surface area contributed by atoms with Gasteiger partial charge in [-0.05, 0) is 35.4 Å². The molecule has 1 unspecified atom stereocenters. The Morgan fingerprint density at radius 1 is 1.33 bits per heavy atom. The molecule has 0 fully saturated rings. The van der Waals surface area contributed by atoms with Gasteiger partial charge in [0.1, 0.15) is 0 Å². The van der Waals surface area contributed by atoms with E-state index in [1.54, 1.807) is 0 Å². The van der Waals surface area contributed by atoms with Crippen LogP contribution in [0.1, 0.15) is 38.7 Å². The average Bonchev–Trinajstić information content (AvgIpc) is 2.12. The highest BCUT2D eigenvalue weighted by molar-refractivity contribution is 6.30. The summed E-state index contributed by atoms with van der Waals surface area (Å²) in [4.78, 5) is 0. The second-order valence-electron chi connectivity index (χ2n) is 4.99. The summed E-state index contributed by atoms with van der Waals surface area (Å²) in [5, 5.41) is 9.86. The lowest BCUT2D eigenvalue weighted by atomic mass is 9.75. The lowest BCUT2D eigenvalue weighted by Gasteiger charge is -2.30. The third-order valence-corrected chi connectivity index (χ3v) is 2.95. The second-order valence-corrected chi connectivity index (χ2v) is 5.42. The molecule has 2 heteroatoms. The Morgan fingerprint density at radius 3 is 2.47 bits per heavy atom. The van der Waals surface area contributed by atoms with Gasteiger partial charge in [0.15, 0.2) is 0 Å². The SMILES string of the molecule is CC(C)(C)C(CCO)c1cccc(Cl)c1. The summed E-state index contributed by atoms with van der Waals surface area (Å²) in [7, 11) is 0. The Morgan fingerprint density at radius 2 is 2.00 bits per heavy atom. The van der Waals surface area contributed by atoms with Crippen molar-refractivity contribution in [3.63, 3.8) is 0 Å². The van der Waals surface area contributed by atoms with Gasteiger partial charge >= 0.3 is 0 Å². The zero-order chi connectivity index (χ0) is 11.5. The van der Waals surface area contributed by atoms with Gasteiger partial charge in [-0.1, -0.05) is 44.5 Å². The third-order valence-electron chi connectivity index (χ3n) is 2.71. The van der Waals surface area contributed by atoms with Gasteiger partial charge in [0, 0.05) is 11.6 Å². The van der Waals surface area contributed by atoms with Crippen LogP contribution >= 0.6 is 11.6 Å². The summed E-state index contributed by atoms with van der Waals surface area (Å²) >= 11 is 5.98. The summed E-state index contributed by atoms with van der Waals surface area (Å²) < 4.78 is 0. The predicted octanol–water partition coefficient (Wildman–Crippen LogP) is 3.85. The van der Waals surface area contributed by atoms with Crippen LogP contribution in [-0.4, -0.2) is 11.7 Å². The minimum atomic E-state index is 0.146. The molecule has 0 saturated heterocycles. The van der Waals surface area contributed by atoms with E-state index in [2.05, 4.69) is 26.8 Å². The van der Waals surface area contributed by atoms with Gasteiger partial charge in [0.2, 0.25) is 0 Å². The number of halogens is 1. The highest BCUT2D eigenvalue weighted by Gasteiger charge is 2.25. The number of hydrogen-bond acceptors (Lipinski definition) is 1. The van der Waals surface area contributed by atoms with Crippen molar-refractivity contribution in [3.05, 3.63) is 34.9 Å². The molecule has 1 nitrogen and oxygen atoms in total. The fraction of sp³-hybridized carbons (Fsp3) is 0.538. The number of aliphatic hydroxyl groups is 1. The Bertz CT molecular complexity index is 315. The summed E-state index contributed by atoms with van der Waals surface area (Å²) in [6.07, 6.45) is 0.782. The molecule has 0 aliphatic rings. The molecule has 1 atom stereocenters. The van der Waals surface area contributed by atoms with Crippen LogP contribution in [0.25, 0.3) is 0 Å². The highest BCUT2D eigenvalue weighted by atomic mass is 35.5. The molecule has 15 heavy (non-hydrogen) atoms. The molecule has 1 aromatic carbocycles. The molecule has 1 rings (SSSR count). The van der Waals surface area contributed by atoms with Gasteiger partial charge in [-0.3, -0.25) is 0 Å². The van der Waals surface area contributed by atoms with Crippen molar-refractivity contribution in [1.29, 1.82) is 0 Å². The molecule has 84 valence electrons. The van der Waals surface area contributed by atoms with E-state index in [4.69, 9.17) is 16.7 Å². The maximum atomic E-state index is 9.10. The van der Waals surface area contributed by atoms with Gasteiger partial charge in [-0.25, -0.2) is 0 Å². The predicted molar refractivity (Wildman–Crippen MR) is 65.4 cm³/mol. The molecule has 0 aliphatic heterocycles. The smallest absolute Gasteiger partial charge is 0.0437 e. The zero-order valence-electron chi connectivity index (χ0n) is 9.63. The van der Waals surface area contributed by atoms with E-state index in [1.165, 1.54) is 5.56 Å². The Hall–Kier alpha value is -0.530. The second kappa shape index (κ2) is 5.00. The van der Waals surface area contributed by atoms with Gasteiger partial charge in [0.25, 0.3) is 0 Å². The van der Waals surface area contributed by atoms with E-state index in [0.717, 1.165) is 11.4 Å². The fourth-order valence-corrected chi connectivity index (χ4v) is 2.15. The van der Waals surface area contributed by atoms with Crippen molar-refractivity contribution in [2.75, 3.05) is 6.61 Å². The molecular formula is C13H19ClO. The van der Waals surface area contributed by atoms with Crippen LogP contribution < -0.4 is 0 Å². The molecular weight excluding hydrogens is 208 g/mol. The Labute approximate surface area is 97.1 Å². The van der Waals surface area contributed by atoms with Crippen LogP contribution in [-0.2, 0) is 0 Å². The normalized spacial score (nSPS) is 13.9. The van der Waals surface area contributed by atoms with Crippen LogP contribution in [0.15, 0.2) is 24.3 Å². The first-order chi connectivity index (χ1) is 6.95. The van der Waals surface area contributed by atoms with E-state index in [0.29, 0.717) is 5.92 Å². The first kappa shape index (κ1) is 12.5. The lowest BCUT2D eigenvalue weighted by molar-refractivity contribution is 0.223. The quantitative estimate of drug-likeness (QED) is 0.830. The first-order valence-corrected chi connectivity index (χ1v) is 5.69. The van der Waals surface area contributed by atoms with E-state index in [1.807, 2.05) is 18.2 Å². The molecule has 0 heterocycles. The number of benzene rings is 1.